The summed E-state index contributed by atoms with van der Waals surface area (Å²) in [5, 5.41) is 3.55. The number of hydrogen-bond donors (Lipinski definition) is 1. The van der Waals surface area contributed by atoms with Gasteiger partial charge < -0.3 is 19.4 Å². The summed E-state index contributed by atoms with van der Waals surface area (Å²) >= 11 is 0. The second-order valence-electron chi connectivity index (χ2n) is 6.84. The number of piperidine rings is 1. The highest BCUT2D eigenvalue weighted by atomic mass is 16.5. The van der Waals surface area contributed by atoms with Crippen LogP contribution < -0.4 is 5.32 Å². The normalized spacial score (nSPS) is 25.8. The summed E-state index contributed by atoms with van der Waals surface area (Å²) in [7, 11) is 0. The van der Waals surface area contributed by atoms with E-state index in [4.69, 9.17) is 14.1 Å². The Morgan fingerprint density at radius 3 is 3.13 bits per heavy atom. The van der Waals surface area contributed by atoms with E-state index in [1.807, 2.05) is 12.1 Å². The standard InChI is InChI=1S/C18H29N3O2/c1-15-4-2-9-21(13-15)18(20-12-16-7-11-22-14-16)19-8-6-17-5-3-10-23-17/h3,5,10,15-16H,2,4,6-9,11-14H2,1H3,(H,19,20). The van der Waals surface area contributed by atoms with Gasteiger partial charge in [-0.25, -0.2) is 0 Å². The molecule has 0 bridgehead atoms. The fourth-order valence-electron chi connectivity index (χ4n) is 3.34. The summed E-state index contributed by atoms with van der Waals surface area (Å²) in [4.78, 5) is 7.33. The molecule has 0 saturated carbocycles. The van der Waals surface area contributed by atoms with Gasteiger partial charge in [-0.3, -0.25) is 4.99 Å². The SMILES string of the molecule is CC1CCCN(C(=NCC2CCOC2)NCCc2ccco2)C1. The lowest BCUT2D eigenvalue weighted by Crippen LogP contribution is -2.47. The molecule has 0 radical (unpaired) electrons. The molecule has 1 aromatic heterocycles. The molecule has 1 aromatic rings. The van der Waals surface area contributed by atoms with Crippen LogP contribution in [0.25, 0.3) is 0 Å². The molecule has 23 heavy (non-hydrogen) atoms. The van der Waals surface area contributed by atoms with Crippen LogP contribution >= 0.6 is 0 Å². The lowest BCUT2D eigenvalue weighted by molar-refractivity contribution is 0.187. The fraction of sp³-hybridized carbons (Fsp3) is 0.722. The molecule has 5 heteroatoms. The van der Waals surface area contributed by atoms with E-state index < -0.39 is 0 Å². The van der Waals surface area contributed by atoms with E-state index in [0.717, 1.165) is 69.9 Å². The van der Waals surface area contributed by atoms with E-state index in [0.29, 0.717) is 5.92 Å². The first-order valence-electron chi connectivity index (χ1n) is 8.94. The summed E-state index contributed by atoms with van der Waals surface area (Å²) in [6, 6.07) is 3.97. The van der Waals surface area contributed by atoms with E-state index in [1.54, 1.807) is 6.26 Å². The Bertz CT molecular complexity index is 480. The van der Waals surface area contributed by atoms with Crippen LogP contribution in [-0.4, -0.2) is 50.3 Å². The average Bonchev–Trinajstić information content (AvgIpc) is 3.24. The summed E-state index contributed by atoms with van der Waals surface area (Å²) in [6.07, 6.45) is 6.34. The summed E-state index contributed by atoms with van der Waals surface area (Å²) in [5.41, 5.74) is 0. The Hall–Kier alpha value is -1.49. The predicted octanol–water partition coefficient (Wildman–Crippen LogP) is 2.54. The van der Waals surface area contributed by atoms with Crippen molar-refractivity contribution in [2.75, 3.05) is 39.4 Å². The number of rotatable bonds is 5. The van der Waals surface area contributed by atoms with Gasteiger partial charge in [-0.15, -0.1) is 0 Å². The Morgan fingerprint density at radius 2 is 2.39 bits per heavy atom. The minimum absolute atomic E-state index is 0.582. The van der Waals surface area contributed by atoms with Crippen LogP contribution in [0.1, 0.15) is 31.9 Å². The van der Waals surface area contributed by atoms with E-state index in [2.05, 4.69) is 17.1 Å². The maximum Gasteiger partial charge on any atom is 0.193 e. The molecule has 0 amide bonds. The minimum atomic E-state index is 0.582. The van der Waals surface area contributed by atoms with Gasteiger partial charge in [0.15, 0.2) is 5.96 Å². The Morgan fingerprint density at radius 1 is 1.43 bits per heavy atom. The lowest BCUT2D eigenvalue weighted by atomic mass is 10.0. The molecule has 5 nitrogen and oxygen atoms in total. The molecule has 2 saturated heterocycles. The van der Waals surface area contributed by atoms with Gasteiger partial charge in [-0.1, -0.05) is 6.92 Å². The number of likely N-dealkylation sites (tertiary alicyclic amines) is 1. The first-order valence-corrected chi connectivity index (χ1v) is 8.94. The van der Waals surface area contributed by atoms with E-state index in [1.165, 1.54) is 12.8 Å². The quantitative estimate of drug-likeness (QED) is 0.669. The van der Waals surface area contributed by atoms with Crippen LogP contribution in [0.4, 0.5) is 0 Å². The van der Waals surface area contributed by atoms with Gasteiger partial charge in [-0.05, 0) is 37.3 Å². The first kappa shape index (κ1) is 16.4. The molecule has 2 aliphatic rings. The predicted molar refractivity (Wildman–Crippen MR) is 91.6 cm³/mol. The second kappa shape index (κ2) is 8.39. The molecular weight excluding hydrogens is 290 g/mol. The maximum absolute atomic E-state index is 5.47. The Balaban J connectivity index is 1.56. The molecular formula is C18H29N3O2. The van der Waals surface area contributed by atoms with Gasteiger partial charge in [-0.2, -0.15) is 0 Å². The number of furan rings is 1. The molecule has 2 atom stereocenters. The van der Waals surface area contributed by atoms with Crippen LogP contribution in [-0.2, 0) is 11.2 Å². The van der Waals surface area contributed by atoms with E-state index in [-0.39, 0.29) is 0 Å². The van der Waals surface area contributed by atoms with Crippen molar-refractivity contribution in [3.63, 3.8) is 0 Å². The molecule has 2 fully saturated rings. The molecule has 2 aliphatic heterocycles. The van der Waals surface area contributed by atoms with Crippen LogP contribution in [0.15, 0.2) is 27.8 Å². The Kier molecular flexibility index (Phi) is 5.97. The summed E-state index contributed by atoms with van der Waals surface area (Å²) < 4.78 is 10.9. The molecule has 2 unspecified atom stereocenters. The number of aliphatic imine (C=N–C) groups is 1. The highest BCUT2D eigenvalue weighted by Crippen LogP contribution is 2.17. The van der Waals surface area contributed by atoms with Gasteiger partial charge in [0.05, 0.1) is 12.9 Å². The minimum Gasteiger partial charge on any atom is -0.469 e. The zero-order valence-electron chi connectivity index (χ0n) is 14.2. The highest BCUT2D eigenvalue weighted by Gasteiger charge is 2.21. The van der Waals surface area contributed by atoms with Gasteiger partial charge in [0, 0.05) is 45.1 Å². The molecule has 128 valence electrons. The number of ether oxygens (including phenoxy) is 1. The molecule has 0 aromatic carbocycles. The van der Waals surface area contributed by atoms with Crippen LogP contribution in [0.3, 0.4) is 0 Å². The average molecular weight is 319 g/mol. The number of nitrogens with zero attached hydrogens (tertiary/aromatic N) is 2. The topological polar surface area (TPSA) is 50.0 Å². The summed E-state index contributed by atoms with van der Waals surface area (Å²) in [6.45, 7) is 8.03. The molecule has 3 rings (SSSR count). The Labute approximate surface area is 139 Å². The van der Waals surface area contributed by atoms with E-state index in [9.17, 15) is 0 Å². The second-order valence-corrected chi connectivity index (χ2v) is 6.84. The van der Waals surface area contributed by atoms with Crippen LogP contribution in [0.5, 0.6) is 0 Å². The van der Waals surface area contributed by atoms with Crippen LogP contribution in [0, 0.1) is 11.8 Å². The van der Waals surface area contributed by atoms with Crippen molar-refractivity contribution in [1.82, 2.24) is 10.2 Å². The van der Waals surface area contributed by atoms with Crippen molar-refractivity contribution >= 4 is 5.96 Å². The maximum atomic E-state index is 5.47. The van der Waals surface area contributed by atoms with Gasteiger partial charge in [0.2, 0.25) is 0 Å². The largest absolute Gasteiger partial charge is 0.469 e. The summed E-state index contributed by atoms with van der Waals surface area (Å²) in [5.74, 6) is 3.41. The molecule has 0 aliphatic carbocycles. The third-order valence-corrected chi connectivity index (χ3v) is 4.71. The van der Waals surface area contributed by atoms with Crippen molar-refractivity contribution in [3.05, 3.63) is 24.2 Å². The van der Waals surface area contributed by atoms with E-state index >= 15 is 0 Å². The van der Waals surface area contributed by atoms with Crippen LogP contribution in [0.2, 0.25) is 0 Å². The third-order valence-electron chi connectivity index (χ3n) is 4.71. The van der Waals surface area contributed by atoms with Crippen molar-refractivity contribution in [3.8, 4) is 0 Å². The zero-order valence-corrected chi connectivity index (χ0v) is 14.2. The molecule has 0 spiro atoms. The third kappa shape index (κ3) is 4.99. The molecule has 1 N–H and O–H groups in total. The zero-order chi connectivity index (χ0) is 15.9. The fourth-order valence-corrected chi connectivity index (χ4v) is 3.34. The monoisotopic (exact) mass is 319 g/mol. The van der Waals surface area contributed by atoms with Crippen molar-refractivity contribution < 1.29 is 9.15 Å². The number of nitrogens with one attached hydrogen (secondary N) is 1. The lowest BCUT2D eigenvalue weighted by Gasteiger charge is -2.33. The molecule has 3 heterocycles. The smallest absolute Gasteiger partial charge is 0.193 e. The van der Waals surface area contributed by atoms with Gasteiger partial charge in [0.1, 0.15) is 5.76 Å². The first-order chi connectivity index (χ1) is 11.3. The van der Waals surface area contributed by atoms with Crippen molar-refractivity contribution in [1.29, 1.82) is 0 Å². The van der Waals surface area contributed by atoms with Crippen molar-refractivity contribution in [2.24, 2.45) is 16.8 Å². The van der Waals surface area contributed by atoms with Gasteiger partial charge in [0.25, 0.3) is 0 Å². The highest BCUT2D eigenvalue weighted by molar-refractivity contribution is 5.80. The number of hydrogen-bond acceptors (Lipinski definition) is 3. The number of guanidine groups is 1. The van der Waals surface area contributed by atoms with Crippen molar-refractivity contribution in [2.45, 2.75) is 32.6 Å². The van der Waals surface area contributed by atoms with Gasteiger partial charge >= 0.3 is 0 Å².